The van der Waals surface area contributed by atoms with Gasteiger partial charge in [0.25, 0.3) is 0 Å². The maximum atomic E-state index is 13.9. The van der Waals surface area contributed by atoms with Gasteiger partial charge >= 0.3 is 5.69 Å². The van der Waals surface area contributed by atoms with Crippen molar-refractivity contribution >= 4 is 5.82 Å². The molecule has 1 saturated heterocycles. The van der Waals surface area contributed by atoms with Gasteiger partial charge in [0.2, 0.25) is 0 Å². The van der Waals surface area contributed by atoms with E-state index < -0.39 is 17.3 Å². The summed E-state index contributed by atoms with van der Waals surface area (Å²) in [7, 11) is 0. The first kappa shape index (κ1) is 20.8. The van der Waals surface area contributed by atoms with Crippen molar-refractivity contribution in [1.82, 2.24) is 19.3 Å². The molecule has 8 nitrogen and oxygen atoms in total. The molecule has 33 heavy (non-hydrogen) atoms. The SMILES string of the molecule is NC1CN(c2cc(Oc3ccc(-n4ncn(Cc5c(F)cccc5F)c4=O)cc3)ccn2)C1. The molecule has 0 spiro atoms. The normalized spacial score (nSPS) is 13.7. The largest absolute Gasteiger partial charge is 0.457 e. The molecule has 1 aliphatic heterocycles. The van der Waals surface area contributed by atoms with Crippen molar-refractivity contribution in [3.05, 3.63) is 94.8 Å². The first-order chi connectivity index (χ1) is 16.0. The van der Waals surface area contributed by atoms with Gasteiger partial charge in [0.1, 0.15) is 35.3 Å². The number of rotatable bonds is 6. The number of benzene rings is 2. The van der Waals surface area contributed by atoms with Crippen molar-refractivity contribution < 1.29 is 13.5 Å². The molecule has 2 aromatic heterocycles. The zero-order valence-electron chi connectivity index (χ0n) is 17.4. The summed E-state index contributed by atoms with van der Waals surface area (Å²) in [5.41, 5.74) is 5.61. The van der Waals surface area contributed by atoms with Crippen molar-refractivity contribution in [3.63, 3.8) is 0 Å². The van der Waals surface area contributed by atoms with Crippen molar-refractivity contribution in [3.8, 4) is 17.2 Å². The second-order valence-electron chi connectivity index (χ2n) is 7.76. The van der Waals surface area contributed by atoms with Crippen LogP contribution in [0.5, 0.6) is 11.5 Å². The summed E-state index contributed by atoms with van der Waals surface area (Å²) < 4.78 is 36.0. The minimum Gasteiger partial charge on any atom is -0.457 e. The molecule has 4 aromatic rings. The molecule has 0 unspecified atom stereocenters. The molecule has 2 aromatic carbocycles. The van der Waals surface area contributed by atoms with Gasteiger partial charge in [-0.05, 0) is 42.5 Å². The number of hydrogen-bond acceptors (Lipinski definition) is 6. The highest BCUT2D eigenvalue weighted by Gasteiger charge is 2.24. The summed E-state index contributed by atoms with van der Waals surface area (Å²) in [5, 5.41) is 4.07. The van der Waals surface area contributed by atoms with E-state index in [0.717, 1.165) is 40.3 Å². The van der Waals surface area contributed by atoms with Gasteiger partial charge < -0.3 is 15.4 Å². The average molecular weight is 450 g/mol. The molecule has 0 aliphatic carbocycles. The summed E-state index contributed by atoms with van der Waals surface area (Å²) in [5.74, 6) is 0.563. The number of anilines is 1. The van der Waals surface area contributed by atoms with E-state index in [2.05, 4.69) is 15.0 Å². The zero-order chi connectivity index (χ0) is 22.9. The van der Waals surface area contributed by atoms with Crippen LogP contribution < -0.4 is 21.1 Å². The Morgan fingerprint density at radius 1 is 1.03 bits per heavy atom. The fourth-order valence-electron chi connectivity index (χ4n) is 3.60. The number of hydrogen-bond donors (Lipinski definition) is 1. The lowest BCUT2D eigenvalue weighted by molar-refractivity contribution is 0.477. The average Bonchev–Trinajstić information content (AvgIpc) is 3.15. The Labute approximate surface area is 187 Å². The molecule has 10 heteroatoms. The van der Waals surface area contributed by atoms with Crippen LogP contribution in [0.1, 0.15) is 5.56 Å². The van der Waals surface area contributed by atoms with E-state index in [9.17, 15) is 13.6 Å². The first-order valence-corrected chi connectivity index (χ1v) is 10.3. The second-order valence-corrected chi connectivity index (χ2v) is 7.76. The molecule has 0 atom stereocenters. The van der Waals surface area contributed by atoms with Crippen molar-refractivity contribution in [2.75, 3.05) is 18.0 Å². The van der Waals surface area contributed by atoms with Crippen LogP contribution in [0, 0.1) is 11.6 Å². The van der Waals surface area contributed by atoms with Crippen LogP contribution in [0.25, 0.3) is 5.69 Å². The van der Waals surface area contributed by atoms with Crippen LogP contribution in [0.15, 0.2) is 71.9 Å². The third-order valence-corrected chi connectivity index (χ3v) is 5.39. The second kappa shape index (κ2) is 8.47. The maximum absolute atomic E-state index is 13.9. The van der Waals surface area contributed by atoms with E-state index in [1.807, 2.05) is 6.07 Å². The van der Waals surface area contributed by atoms with Gasteiger partial charge in [0.05, 0.1) is 12.2 Å². The Balaban J connectivity index is 1.31. The third kappa shape index (κ3) is 4.20. The fraction of sp³-hybridized carbons (Fsp3) is 0.174. The van der Waals surface area contributed by atoms with Gasteiger partial charge in [-0.3, -0.25) is 4.57 Å². The molecular weight excluding hydrogens is 430 g/mol. The summed E-state index contributed by atoms with van der Waals surface area (Å²) in [6, 6.07) is 14.1. The minimum absolute atomic E-state index is 0.168. The molecule has 168 valence electrons. The highest BCUT2D eigenvalue weighted by Crippen LogP contribution is 2.26. The third-order valence-electron chi connectivity index (χ3n) is 5.39. The van der Waals surface area contributed by atoms with Gasteiger partial charge in [-0.1, -0.05) is 6.07 Å². The standard InChI is InChI=1S/C23H20F2N6O2/c24-20-2-1-3-21(25)19(20)13-30-14-28-31(23(30)32)16-4-6-17(7-5-16)33-18-8-9-27-22(10-18)29-11-15(26)12-29/h1-10,14-15H,11-13,26H2. The molecule has 1 fully saturated rings. The molecule has 0 bridgehead atoms. The minimum atomic E-state index is -0.715. The Hall–Kier alpha value is -4.05. The van der Waals surface area contributed by atoms with Crippen LogP contribution in [0.2, 0.25) is 0 Å². The fourth-order valence-corrected chi connectivity index (χ4v) is 3.60. The van der Waals surface area contributed by atoms with Gasteiger partial charge in [-0.2, -0.15) is 9.78 Å². The highest BCUT2D eigenvalue weighted by molar-refractivity contribution is 5.48. The van der Waals surface area contributed by atoms with E-state index in [1.54, 1.807) is 36.5 Å². The number of aromatic nitrogens is 4. The summed E-state index contributed by atoms with van der Waals surface area (Å²) >= 11 is 0. The van der Waals surface area contributed by atoms with Crippen LogP contribution in [0.4, 0.5) is 14.6 Å². The van der Waals surface area contributed by atoms with Gasteiger partial charge in [0, 0.05) is 37.0 Å². The Kier molecular flexibility index (Phi) is 5.35. The van der Waals surface area contributed by atoms with E-state index in [4.69, 9.17) is 10.5 Å². The number of nitrogens with two attached hydrogens (primary N) is 1. The smallest absolute Gasteiger partial charge is 0.350 e. The lowest BCUT2D eigenvalue weighted by Gasteiger charge is -2.37. The maximum Gasteiger partial charge on any atom is 0.350 e. The number of nitrogens with zero attached hydrogens (tertiary/aromatic N) is 5. The number of ether oxygens (including phenoxy) is 1. The van der Waals surface area contributed by atoms with Crippen molar-refractivity contribution in [2.24, 2.45) is 5.73 Å². The van der Waals surface area contributed by atoms with Gasteiger partial charge in [0.15, 0.2) is 0 Å². The Bertz CT molecular complexity index is 1330. The van der Waals surface area contributed by atoms with Gasteiger partial charge in [-0.15, -0.1) is 0 Å². The highest BCUT2D eigenvalue weighted by atomic mass is 19.1. The Morgan fingerprint density at radius 3 is 2.45 bits per heavy atom. The number of pyridine rings is 1. The Morgan fingerprint density at radius 2 is 1.76 bits per heavy atom. The summed E-state index contributed by atoms with van der Waals surface area (Å²) in [6.07, 6.45) is 2.92. The monoisotopic (exact) mass is 450 g/mol. The van der Waals surface area contributed by atoms with E-state index in [0.29, 0.717) is 17.2 Å². The molecule has 3 heterocycles. The lowest BCUT2D eigenvalue weighted by atomic mass is 10.1. The molecular formula is C23H20F2N6O2. The topological polar surface area (TPSA) is 91.2 Å². The molecule has 0 saturated carbocycles. The lowest BCUT2D eigenvalue weighted by Crippen LogP contribution is -2.56. The predicted molar refractivity (Wildman–Crippen MR) is 118 cm³/mol. The molecule has 0 amide bonds. The molecule has 1 aliphatic rings. The van der Waals surface area contributed by atoms with Crippen molar-refractivity contribution in [1.29, 1.82) is 0 Å². The molecule has 2 N–H and O–H groups in total. The van der Waals surface area contributed by atoms with E-state index in [1.165, 1.54) is 12.4 Å². The van der Waals surface area contributed by atoms with Gasteiger partial charge in [-0.25, -0.2) is 18.6 Å². The van der Waals surface area contributed by atoms with Crippen LogP contribution in [-0.4, -0.2) is 38.5 Å². The van der Waals surface area contributed by atoms with Crippen LogP contribution >= 0.6 is 0 Å². The zero-order valence-corrected chi connectivity index (χ0v) is 17.4. The molecule has 5 rings (SSSR count). The predicted octanol–water partition coefficient (Wildman–Crippen LogP) is 2.70. The summed E-state index contributed by atoms with van der Waals surface area (Å²) in [4.78, 5) is 19.1. The molecule has 0 radical (unpaired) electrons. The van der Waals surface area contributed by atoms with E-state index >= 15 is 0 Å². The quantitative estimate of drug-likeness (QED) is 0.486. The van der Waals surface area contributed by atoms with Crippen LogP contribution in [0.3, 0.4) is 0 Å². The van der Waals surface area contributed by atoms with Crippen LogP contribution in [-0.2, 0) is 6.54 Å². The van der Waals surface area contributed by atoms with Crippen molar-refractivity contribution in [2.45, 2.75) is 12.6 Å². The summed E-state index contributed by atoms with van der Waals surface area (Å²) in [6.45, 7) is 1.26. The van der Waals surface area contributed by atoms with E-state index in [-0.39, 0.29) is 18.2 Å². The first-order valence-electron chi connectivity index (χ1n) is 10.3. The number of halogens is 2.